The number of carbonyl (C=O) groups is 4. The quantitative estimate of drug-likeness (QED) is 0.381. The van der Waals surface area contributed by atoms with E-state index in [2.05, 4.69) is 10.6 Å². The van der Waals surface area contributed by atoms with Gasteiger partial charge in [-0.1, -0.05) is 27.7 Å². The van der Waals surface area contributed by atoms with Crippen LogP contribution >= 0.6 is 0 Å². The van der Waals surface area contributed by atoms with Crippen LogP contribution < -0.4 is 10.6 Å². The molecule has 2 fully saturated rings. The smallest absolute Gasteiger partial charge is 0.379 e. The van der Waals surface area contributed by atoms with E-state index in [9.17, 15) is 40.8 Å². The summed E-state index contributed by atoms with van der Waals surface area (Å²) in [5, 5.41) is 4.87. The lowest BCUT2D eigenvalue weighted by Gasteiger charge is -2.31. The zero-order valence-electron chi connectivity index (χ0n) is 24.6. The maximum atomic E-state index is 13.6. The van der Waals surface area contributed by atoms with Crippen molar-refractivity contribution in [2.24, 2.45) is 11.8 Å². The number of hydrogen-bond acceptors (Lipinski definition) is 7. The summed E-state index contributed by atoms with van der Waals surface area (Å²) in [5.74, 6) is -5.04. The summed E-state index contributed by atoms with van der Waals surface area (Å²) in [6, 6.07) is 1.35. The Labute approximate surface area is 249 Å². The maximum absolute atomic E-state index is 13.6. The first-order valence-electron chi connectivity index (χ1n) is 14.2. The van der Waals surface area contributed by atoms with E-state index in [0.29, 0.717) is 6.42 Å². The van der Waals surface area contributed by atoms with Crippen molar-refractivity contribution < 1.29 is 45.5 Å². The van der Waals surface area contributed by atoms with Gasteiger partial charge in [0.25, 0.3) is 11.7 Å². The van der Waals surface area contributed by atoms with E-state index in [-0.39, 0.29) is 62.1 Å². The van der Waals surface area contributed by atoms with Crippen LogP contribution in [0.25, 0.3) is 0 Å². The topological polar surface area (TPSA) is 142 Å². The molecular weight excluding hydrogens is 593 g/mol. The number of nitrogens with one attached hydrogen (secondary N) is 2. The highest BCUT2D eigenvalue weighted by Crippen LogP contribution is 2.24. The third kappa shape index (κ3) is 8.54. The number of benzene rings is 1. The number of alkyl halides is 3. The number of nitrogens with zero attached hydrogens (tertiary/aromatic N) is 2. The number of hydrogen-bond donors (Lipinski definition) is 2. The molecule has 1 aromatic rings. The summed E-state index contributed by atoms with van der Waals surface area (Å²) >= 11 is 0. The Balaban J connectivity index is 1.74. The number of carbonyl (C=O) groups excluding carboxylic acids is 4. The van der Waals surface area contributed by atoms with Crippen molar-refractivity contribution in [3.63, 3.8) is 0 Å². The Morgan fingerprint density at radius 1 is 0.977 bits per heavy atom. The van der Waals surface area contributed by atoms with Gasteiger partial charge in [0.05, 0.1) is 24.2 Å². The Hall–Kier alpha value is -3.04. The molecule has 0 radical (unpaired) electrons. The van der Waals surface area contributed by atoms with Gasteiger partial charge in [-0.3, -0.25) is 19.2 Å². The van der Waals surface area contributed by atoms with E-state index in [4.69, 9.17) is 4.74 Å². The van der Waals surface area contributed by atoms with E-state index in [1.54, 1.807) is 0 Å². The SMILES string of the molecule is CC(C)C[C@H](NC(=O)c1ccc(S(=O)(=O)N2CCOCC2)cc1)C(=O)N1CCC[C@H]1C(=O)NC(C(=O)C(F)(F)F)C(C)C. The minimum absolute atomic E-state index is 0.00961. The summed E-state index contributed by atoms with van der Waals surface area (Å²) in [5.41, 5.74) is 0.114. The van der Waals surface area contributed by atoms with Gasteiger partial charge in [0.2, 0.25) is 21.8 Å². The predicted octanol–water partition coefficient (Wildman–Crippen LogP) is 2.12. The molecule has 240 valence electrons. The molecule has 2 aliphatic rings. The van der Waals surface area contributed by atoms with Crippen molar-refractivity contribution in [3.05, 3.63) is 29.8 Å². The second-order valence-corrected chi connectivity index (χ2v) is 13.4. The molecular formula is C28H39F3N4O7S. The van der Waals surface area contributed by atoms with Gasteiger partial charge in [-0.25, -0.2) is 8.42 Å². The third-order valence-corrected chi connectivity index (χ3v) is 9.31. The molecule has 2 heterocycles. The van der Waals surface area contributed by atoms with Crippen molar-refractivity contribution in [3.8, 4) is 0 Å². The normalized spacial score (nSPS) is 19.7. The van der Waals surface area contributed by atoms with Crippen LogP contribution in [0.2, 0.25) is 0 Å². The molecule has 15 heteroatoms. The Bertz CT molecular complexity index is 1280. The fourth-order valence-corrected chi connectivity index (χ4v) is 6.52. The average Bonchev–Trinajstić information content (AvgIpc) is 3.44. The highest BCUT2D eigenvalue weighted by molar-refractivity contribution is 7.89. The lowest BCUT2D eigenvalue weighted by molar-refractivity contribution is -0.175. The highest BCUT2D eigenvalue weighted by atomic mass is 32.2. The number of Topliss-reactive ketones (excluding diaryl/α,β-unsaturated/α-hetero) is 1. The standard InChI is InChI=1S/C28H39F3N4O7S/c1-17(2)16-21(32-25(37)19-7-9-20(10-8-19)43(40,41)34-12-14-42-15-13-34)27(39)35-11-5-6-22(35)26(38)33-23(18(3)4)24(36)28(29,30)31/h7-10,17-18,21-23H,5-6,11-16H2,1-4H3,(H,32,37)(H,33,38)/t21-,22-,23?/m0/s1. The lowest BCUT2D eigenvalue weighted by Crippen LogP contribution is -2.57. The fourth-order valence-electron chi connectivity index (χ4n) is 5.11. The van der Waals surface area contributed by atoms with E-state index in [1.165, 1.54) is 47.3 Å². The number of sulfonamides is 1. The first-order valence-corrected chi connectivity index (χ1v) is 15.7. The molecule has 0 aliphatic carbocycles. The van der Waals surface area contributed by atoms with E-state index < -0.39 is 63.7 Å². The van der Waals surface area contributed by atoms with Crippen LogP contribution in [0.5, 0.6) is 0 Å². The van der Waals surface area contributed by atoms with Gasteiger partial charge in [-0.15, -0.1) is 0 Å². The molecule has 3 atom stereocenters. The molecule has 2 N–H and O–H groups in total. The Kier molecular flexibility index (Phi) is 11.3. The first-order chi connectivity index (χ1) is 20.0. The van der Waals surface area contributed by atoms with E-state index >= 15 is 0 Å². The minimum atomic E-state index is -5.13. The Morgan fingerprint density at radius 2 is 1.58 bits per heavy atom. The Morgan fingerprint density at radius 3 is 2.12 bits per heavy atom. The molecule has 3 amide bonds. The van der Waals surface area contributed by atoms with E-state index in [1.807, 2.05) is 13.8 Å². The van der Waals surface area contributed by atoms with Crippen molar-refractivity contribution in [1.29, 1.82) is 0 Å². The summed E-state index contributed by atoms with van der Waals surface area (Å²) < 4.78 is 71.6. The molecule has 1 unspecified atom stereocenters. The molecule has 0 spiro atoms. The number of likely N-dealkylation sites (tertiary alicyclic amines) is 1. The van der Waals surface area contributed by atoms with Crippen LogP contribution in [0, 0.1) is 11.8 Å². The van der Waals surface area contributed by atoms with Gasteiger partial charge >= 0.3 is 6.18 Å². The van der Waals surface area contributed by atoms with Crippen LogP contribution in [0.4, 0.5) is 13.2 Å². The van der Waals surface area contributed by atoms with Crippen LogP contribution in [0.3, 0.4) is 0 Å². The largest absolute Gasteiger partial charge is 0.452 e. The minimum Gasteiger partial charge on any atom is -0.379 e. The zero-order chi connectivity index (χ0) is 32.1. The number of amides is 3. The number of ether oxygens (including phenoxy) is 1. The third-order valence-electron chi connectivity index (χ3n) is 7.40. The number of morpholine rings is 1. The predicted molar refractivity (Wildman–Crippen MR) is 149 cm³/mol. The molecule has 0 aromatic heterocycles. The second kappa shape index (κ2) is 14.2. The number of ketones is 1. The van der Waals surface area contributed by atoms with Crippen LogP contribution in [-0.4, -0.2) is 98.3 Å². The van der Waals surface area contributed by atoms with Crippen molar-refractivity contribution in [2.45, 2.75) is 76.2 Å². The monoisotopic (exact) mass is 632 g/mol. The summed E-state index contributed by atoms with van der Waals surface area (Å²) in [6.07, 6.45) is -4.33. The molecule has 3 rings (SSSR count). The molecule has 43 heavy (non-hydrogen) atoms. The molecule has 2 aliphatic heterocycles. The molecule has 1 aromatic carbocycles. The van der Waals surface area contributed by atoms with Gasteiger partial charge in [0.15, 0.2) is 0 Å². The van der Waals surface area contributed by atoms with E-state index in [0.717, 1.165) is 0 Å². The zero-order valence-corrected chi connectivity index (χ0v) is 25.5. The summed E-state index contributed by atoms with van der Waals surface area (Å²) in [6.45, 7) is 7.59. The van der Waals surface area contributed by atoms with Gasteiger partial charge < -0.3 is 20.3 Å². The van der Waals surface area contributed by atoms with Crippen LogP contribution in [0.1, 0.15) is 57.3 Å². The molecule has 11 nitrogen and oxygen atoms in total. The molecule has 0 saturated carbocycles. The van der Waals surface area contributed by atoms with Crippen LogP contribution in [-0.2, 0) is 29.1 Å². The van der Waals surface area contributed by atoms with Crippen molar-refractivity contribution >= 4 is 33.5 Å². The van der Waals surface area contributed by atoms with Crippen molar-refractivity contribution in [2.75, 3.05) is 32.8 Å². The van der Waals surface area contributed by atoms with Crippen molar-refractivity contribution in [1.82, 2.24) is 19.8 Å². The number of halogens is 3. The van der Waals surface area contributed by atoms with Gasteiger partial charge in [-0.05, 0) is 55.4 Å². The van der Waals surface area contributed by atoms with Gasteiger partial charge in [-0.2, -0.15) is 17.5 Å². The fraction of sp³-hybridized carbons (Fsp3) is 0.643. The highest BCUT2D eigenvalue weighted by Gasteiger charge is 2.46. The van der Waals surface area contributed by atoms with Gasteiger partial charge in [0.1, 0.15) is 12.1 Å². The second-order valence-electron chi connectivity index (χ2n) is 11.5. The molecule has 0 bridgehead atoms. The maximum Gasteiger partial charge on any atom is 0.452 e. The molecule has 2 saturated heterocycles. The first kappa shape index (κ1) is 34.5. The van der Waals surface area contributed by atoms with Crippen LogP contribution in [0.15, 0.2) is 29.2 Å². The van der Waals surface area contributed by atoms with Gasteiger partial charge in [0, 0.05) is 25.2 Å². The summed E-state index contributed by atoms with van der Waals surface area (Å²) in [7, 11) is -3.77. The average molecular weight is 633 g/mol. The lowest BCUT2D eigenvalue weighted by atomic mass is 9.98. The number of rotatable bonds is 11. The summed E-state index contributed by atoms with van der Waals surface area (Å²) in [4.78, 5) is 53.0.